The minimum absolute atomic E-state index is 0.00195. The quantitative estimate of drug-likeness (QED) is 0.568. The molecule has 1 aliphatic carbocycles. The van der Waals surface area contributed by atoms with E-state index in [2.05, 4.69) is 10.3 Å². The molecule has 2 aliphatic heterocycles. The number of nitrogens with zero attached hydrogens (tertiary/aromatic N) is 4. The Morgan fingerprint density at radius 3 is 2.51 bits per heavy atom. The molecule has 3 unspecified atom stereocenters. The number of fused-ring (bicyclic) bond motifs is 1. The molecule has 37 heavy (non-hydrogen) atoms. The number of rotatable bonds is 6. The Morgan fingerprint density at radius 1 is 1.14 bits per heavy atom. The lowest BCUT2D eigenvalue weighted by Crippen LogP contribution is -2.76. The summed E-state index contributed by atoms with van der Waals surface area (Å²) in [6.07, 6.45) is 4.02. The van der Waals surface area contributed by atoms with Gasteiger partial charge in [-0.1, -0.05) is 29.3 Å². The lowest BCUT2D eigenvalue weighted by Gasteiger charge is -2.53. The molecule has 0 bridgehead atoms. The molecule has 10 nitrogen and oxygen atoms in total. The van der Waals surface area contributed by atoms with Crippen LogP contribution in [-0.4, -0.2) is 82.6 Å². The molecular weight excluding hydrogens is 541 g/mol. The van der Waals surface area contributed by atoms with Crippen LogP contribution in [0.1, 0.15) is 25.3 Å². The Labute approximate surface area is 224 Å². The average Bonchev–Trinajstić information content (AvgIpc) is 3.67. The number of benzene rings is 1. The fraction of sp³-hybridized carbons (Fsp3) is 0.417. The van der Waals surface area contributed by atoms with Crippen LogP contribution in [0.25, 0.3) is 0 Å². The van der Waals surface area contributed by atoms with E-state index in [1.54, 1.807) is 29.4 Å². The predicted molar refractivity (Wildman–Crippen MR) is 135 cm³/mol. The monoisotopic (exact) mass is 565 g/mol. The highest BCUT2D eigenvalue weighted by Crippen LogP contribution is 2.37. The second kappa shape index (κ2) is 9.86. The number of piperazine rings is 1. The zero-order chi connectivity index (χ0) is 26.5. The standard InChI is InChI=1S/C24H25Cl2N5O5S/c1-14(32)28-19-12-30(37(35,36)21-7-4-16(25)10-18(21)26)22-13-29(17-5-6-17)24(34)20(31(22)23(19)33)9-15-3-2-8-27-11-15/h2-4,7-8,10-11,17,19-20,22H,5-6,9,12-13H2,1H3,(H,28,32). The van der Waals surface area contributed by atoms with Crippen molar-refractivity contribution >= 4 is 50.9 Å². The fourth-order valence-electron chi connectivity index (χ4n) is 5.03. The SMILES string of the molecule is CC(=O)NC1CN(S(=O)(=O)c2ccc(Cl)cc2Cl)C2CN(C3CC3)C(=O)C(Cc3cccnc3)N2C1=O. The summed E-state index contributed by atoms with van der Waals surface area (Å²) in [5.74, 6) is -1.25. The highest BCUT2D eigenvalue weighted by molar-refractivity contribution is 7.89. The van der Waals surface area contributed by atoms with Gasteiger partial charge in [0.15, 0.2) is 0 Å². The molecule has 2 aromatic rings. The van der Waals surface area contributed by atoms with Gasteiger partial charge >= 0.3 is 0 Å². The summed E-state index contributed by atoms with van der Waals surface area (Å²) in [4.78, 5) is 46.3. The maximum absolute atomic E-state index is 14.0. The average molecular weight is 566 g/mol. The van der Waals surface area contributed by atoms with E-state index < -0.39 is 40.1 Å². The third kappa shape index (κ3) is 4.93. The molecule has 13 heteroatoms. The van der Waals surface area contributed by atoms with E-state index in [1.165, 1.54) is 34.3 Å². The summed E-state index contributed by atoms with van der Waals surface area (Å²) in [5.41, 5.74) is 0.724. The summed E-state index contributed by atoms with van der Waals surface area (Å²) in [5, 5.41) is 2.77. The summed E-state index contributed by atoms with van der Waals surface area (Å²) in [7, 11) is -4.27. The first-order valence-corrected chi connectivity index (χ1v) is 14.0. The highest BCUT2D eigenvalue weighted by Gasteiger charge is 2.55. The third-order valence-electron chi connectivity index (χ3n) is 6.83. The van der Waals surface area contributed by atoms with Crippen LogP contribution in [-0.2, 0) is 30.8 Å². The fourth-order valence-corrected chi connectivity index (χ4v) is 7.36. The van der Waals surface area contributed by atoms with Crippen LogP contribution in [0.15, 0.2) is 47.6 Å². The first-order chi connectivity index (χ1) is 17.6. The summed E-state index contributed by atoms with van der Waals surface area (Å²) in [6.45, 7) is 0.973. The molecule has 1 N–H and O–H groups in total. The zero-order valence-corrected chi connectivity index (χ0v) is 22.2. The lowest BCUT2D eigenvalue weighted by molar-refractivity contribution is -0.168. The Hall–Kier alpha value is -2.73. The van der Waals surface area contributed by atoms with Crippen LogP contribution in [0.3, 0.4) is 0 Å². The summed E-state index contributed by atoms with van der Waals surface area (Å²) in [6, 6.07) is 5.46. The largest absolute Gasteiger partial charge is 0.343 e. The van der Waals surface area contributed by atoms with Crippen LogP contribution >= 0.6 is 23.2 Å². The molecule has 3 aliphatic rings. The van der Waals surface area contributed by atoms with Crippen molar-refractivity contribution in [3.63, 3.8) is 0 Å². The van der Waals surface area contributed by atoms with Crippen molar-refractivity contribution in [2.45, 2.75) is 55.4 Å². The molecule has 5 rings (SSSR count). The molecule has 196 valence electrons. The predicted octanol–water partition coefficient (Wildman–Crippen LogP) is 1.67. The second-order valence-electron chi connectivity index (χ2n) is 9.43. The second-order valence-corrected chi connectivity index (χ2v) is 12.1. The molecule has 2 saturated heterocycles. The Bertz CT molecular complexity index is 1350. The van der Waals surface area contributed by atoms with Gasteiger partial charge in [-0.25, -0.2) is 8.42 Å². The number of hydrogen-bond donors (Lipinski definition) is 1. The number of hydrogen-bond acceptors (Lipinski definition) is 6. The van der Waals surface area contributed by atoms with Crippen molar-refractivity contribution in [2.24, 2.45) is 0 Å². The van der Waals surface area contributed by atoms with Gasteiger partial charge in [0.05, 0.1) is 11.6 Å². The van der Waals surface area contributed by atoms with Gasteiger partial charge < -0.3 is 15.1 Å². The van der Waals surface area contributed by atoms with Gasteiger partial charge in [0.1, 0.15) is 23.1 Å². The molecule has 0 radical (unpaired) electrons. The van der Waals surface area contributed by atoms with Crippen LogP contribution in [0.2, 0.25) is 10.0 Å². The number of nitrogens with one attached hydrogen (secondary N) is 1. The van der Waals surface area contributed by atoms with E-state index >= 15 is 0 Å². The number of pyridine rings is 1. The van der Waals surface area contributed by atoms with Crippen molar-refractivity contribution in [1.82, 2.24) is 24.4 Å². The molecule has 3 amide bonds. The molecule has 3 fully saturated rings. The van der Waals surface area contributed by atoms with Gasteiger partial charge in [-0.15, -0.1) is 0 Å². The van der Waals surface area contributed by atoms with Gasteiger partial charge in [0, 0.05) is 43.3 Å². The number of aromatic nitrogens is 1. The van der Waals surface area contributed by atoms with Crippen LogP contribution in [0.4, 0.5) is 0 Å². The van der Waals surface area contributed by atoms with E-state index in [4.69, 9.17) is 23.2 Å². The topological polar surface area (TPSA) is 120 Å². The minimum Gasteiger partial charge on any atom is -0.343 e. The van der Waals surface area contributed by atoms with E-state index in [1.807, 2.05) is 0 Å². The van der Waals surface area contributed by atoms with Gasteiger partial charge in [-0.2, -0.15) is 4.31 Å². The van der Waals surface area contributed by atoms with Gasteiger partial charge in [0.25, 0.3) is 0 Å². The maximum Gasteiger partial charge on any atom is 0.248 e. The molecule has 1 aromatic heterocycles. The van der Waals surface area contributed by atoms with Crippen molar-refractivity contribution in [3.05, 3.63) is 58.3 Å². The minimum atomic E-state index is -4.27. The number of halogens is 2. The maximum atomic E-state index is 14.0. The number of amides is 3. The van der Waals surface area contributed by atoms with Crippen molar-refractivity contribution in [1.29, 1.82) is 0 Å². The molecular formula is C24H25Cl2N5O5S. The first-order valence-electron chi connectivity index (χ1n) is 11.8. The van der Waals surface area contributed by atoms with Crippen molar-refractivity contribution in [2.75, 3.05) is 13.1 Å². The molecule has 1 saturated carbocycles. The lowest BCUT2D eigenvalue weighted by atomic mass is 9.97. The summed E-state index contributed by atoms with van der Waals surface area (Å²) < 4.78 is 29.1. The highest BCUT2D eigenvalue weighted by atomic mass is 35.5. The zero-order valence-electron chi connectivity index (χ0n) is 19.9. The van der Waals surface area contributed by atoms with Crippen molar-refractivity contribution < 1.29 is 22.8 Å². The smallest absolute Gasteiger partial charge is 0.248 e. The number of carbonyl (C=O) groups excluding carboxylic acids is 3. The molecule has 0 spiro atoms. The van der Waals surface area contributed by atoms with Crippen LogP contribution < -0.4 is 5.32 Å². The Balaban J connectivity index is 1.61. The normalized spacial score (nSPS) is 24.7. The van der Waals surface area contributed by atoms with E-state index in [0.717, 1.165) is 18.4 Å². The third-order valence-corrected chi connectivity index (χ3v) is 9.41. The molecule has 1 aromatic carbocycles. The van der Waals surface area contributed by atoms with Gasteiger partial charge in [-0.05, 0) is 42.7 Å². The first kappa shape index (κ1) is 25.9. The summed E-state index contributed by atoms with van der Waals surface area (Å²) >= 11 is 12.3. The molecule has 3 atom stereocenters. The van der Waals surface area contributed by atoms with E-state index in [9.17, 15) is 22.8 Å². The Kier molecular flexibility index (Phi) is 6.90. The van der Waals surface area contributed by atoms with E-state index in [-0.39, 0.29) is 46.4 Å². The van der Waals surface area contributed by atoms with Gasteiger partial charge in [0.2, 0.25) is 27.7 Å². The molecule has 3 heterocycles. The van der Waals surface area contributed by atoms with Crippen LogP contribution in [0, 0.1) is 0 Å². The van der Waals surface area contributed by atoms with Gasteiger partial charge in [-0.3, -0.25) is 19.4 Å². The number of carbonyl (C=O) groups is 3. The Morgan fingerprint density at radius 2 is 1.89 bits per heavy atom. The van der Waals surface area contributed by atoms with E-state index in [0.29, 0.717) is 0 Å². The van der Waals surface area contributed by atoms with Crippen LogP contribution in [0.5, 0.6) is 0 Å². The number of sulfonamides is 1. The van der Waals surface area contributed by atoms with Crippen molar-refractivity contribution in [3.8, 4) is 0 Å².